The minimum Gasteiger partial charge on any atom is -0.445 e. The van der Waals surface area contributed by atoms with E-state index in [1.54, 1.807) is 17.0 Å². The van der Waals surface area contributed by atoms with Gasteiger partial charge in [0.1, 0.15) is 12.1 Å². The van der Waals surface area contributed by atoms with Gasteiger partial charge in [0.2, 0.25) is 0 Å². The zero-order valence-corrected chi connectivity index (χ0v) is 16.9. The van der Waals surface area contributed by atoms with E-state index in [4.69, 9.17) is 21.3 Å². The number of anilines is 1. The number of carbonyl (C=O) groups excluding carboxylic acids is 2. The molecule has 2 aliphatic heterocycles. The van der Waals surface area contributed by atoms with Crippen LogP contribution in [0.4, 0.5) is 10.5 Å². The summed E-state index contributed by atoms with van der Waals surface area (Å²) in [6.45, 7) is 2.94. The first-order valence-corrected chi connectivity index (χ1v) is 9.98. The molecule has 29 heavy (non-hydrogen) atoms. The summed E-state index contributed by atoms with van der Waals surface area (Å²) in [7, 11) is 0. The van der Waals surface area contributed by atoms with Crippen LogP contribution in [0.5, 0.6) is 0 Å². The molecule has 1 spiro atoms. The predicted octanol–water partition coefficient (Wildman–Crippen LogP) is 4.27. The van der Waals surface area contributed by atoms with Crippen LogP contribution in [-0.4, -0.2) is 41.2 Å². The second kappa shape index (κ2) is 7.87. The van der Waals surface area contributed by atoms with Crippen molar-refractivity contribution in [2.45, 2.75) is 31.9 Å². The molecule has 0 bridgehead atoms. The van der Waals surface area contributed by atoms with Crippen molar-refractivity contribution in [1.82, 2.24) is 4.90 Å². The van der Waals surface area contributed by atoms with E-state index in [-0.39, 0.29) is 18.6 Å². The normalized spacial score (nSPS) is 17.8. The number of ether oxygens (including phenoxy) is 1. The molecule has 0 aromatic heterocycles. The van der Waals surface area contributed by atoms with E-state index in [9.17, 15) is 9.59 Å². The summed E-state index contributed by atoms with van der Waals surface area (Å²) in [5, 5.41) is 3.58. The van der Waals surface area contributed by atoms with Crippen LogP contribution in [0, 0.1) is 0 Å². The molecule has 0 atom stereocenters. The van der Waals surface area contributed by atoms with E-state index in [0.717, 1.165) is 16.8 Å². The van der Waals surface area contributed by atoms with Crippen molar-refractivity contribution >= 4 is 35.0 Å². The molecule has 150 valence electrons. The van der Waals surface area contributed by atoms with E-state index < -0.39 is 5.54 Å². The number of aliphatic imine (C=N–C) groups is 1. The first kappa shape index (κ1) is 19.5. The van der Waals surface area contributed by atoms with Gasteiger partial charge in [0.15, 0.2) is 0 Å². The highest BCUT2D eigenvalue weighted by molar-refractivity contribution is 6.31. The molecule has 0 saturated carbocycles. The van der Waals surface area contributed by atoms with Crippen molar-refractivity contribution in [3.8, 4) is 0 Å². The van der Waals surface area contributed by atoms with Crippen LogP contribution in [0.2, 0.25) is 5.02 Å². The summed E-state index contributed by atoms with van der Waals surface area (Å²) >= 11 is 6.11. The molecule has 2 amide bonds. The quantitative estimate of drug-likeness (QED) is 0.802. The Balaban J connectivity index is 1.44. The highest BCUT2D eigenvalue weighted by Crippen LogP contribution is 2.34. The fourth-order valence-corrected chi connectivity index (χ4v) is 3.98. The summed E-state index contributed by atoms with van der Waals surface area (Å²) in [4.78, 5) is 31.8. The summed E-state index contributed by atoms with van der Waals surface area (Å²) in [5.74, 6) is -0.143. The van der Waals surface area contributed by atoms with Gasteiger partial charge in [-0.25, -0.2) is 4.79 Å². The molecule has 2 aromatic carbocycles. The van der Waals surface area contributed by atoms with Gasteiger partial charge in [0, 0.05) is 35.1 Å². The topological polar surface area (TPSA) is 71.0 Å². The minimum atomic E-state index is -0.883. The number of amides is 2. The third kappa shape index (κ3) is 3.98. The lowest BCUT2D eigenvalue weighted by atomic mass is 9.87. The molecule has 0 unspecified atom stereocenters. The van der Waals surface area contributed by atoms with E-state index in [1.165, 1.54) is 0 Å². The van der Waals surface area contributed by atoms with Crippen LogP contribution in [0.3, 0.4) is 0 Å². The maximum Gasteiger partial charge on any atom is 0.410 e. The number of hydrogen-bond acceptors (Lipinski definition) is 4. The van der Waals surface area contributed by atoms with Gasteiger partial charge in [-0.15, -0.1) is 0 Å². The van der Waals surface area contributed by atoms with Crippen LogP contribution in [0.15, 0.2) is 53.5 Å². The molecule has 1 saturated heterocycles. The van der Waals surface area contributed by atoms with Crippen LogP contribution in [0.1, 0.15) is 30.9 Å². The summed E-state index contributed by atoms with van der Waals surface area (Å²) in [6, 6.07) is 14.9. The Morgan fingerprint density at radius 1 is 1.21 bits per heavy atom. The van der Waals surface area contributed by atoms with E-state index >= 15 is 0 Å². The molecule has 4 rings (SSSR count). The second-order valence-electron chi connectivity index (χ2n) is 7.40. The molecule has 2 aliphatic rings. The number of carbonyl (C=O) groups is 2. The van der Waals surface area contributed by atoms with Crippen molar-refractivity contribution in [2.75, 3.05) is 18.4 Å². The van der Waals surface area contributed by atoms with Gasteiger partial charge in [-0.2, -0.15) is 0 Å². The lowest BCUT2D eigenvalue weighted by Gasteiger charge is -2.37. The minimum absolute atomic E-state index is 0.143. The third-order valence-electron chi connectivity index (χ3n) is 5.48. The summed E-state index contributed by atoms with van der Waals surface area (Å²) < 4.78 is 5.42. The number of likely N-dealkylation sites (tertiary alicyclic amines) is 1. The van der Waals surface area contributed by atoms with Gasteiger partial charge in [0.25, 0.3) is 5.91 Å². The Kier molecular flexibility index (Phi) is 5.28. The van der Waals surface area contributed by atoms with Crippen LogP contribution in [-0.2, 0) is 16.1 Å². The van der Waals surface area contributed by atoms with Crippen molar-refractivity contribution < 1.29 is 14.3 Å². The van der Waals surface area contributed by atoms with E-state index in [1.807, 2.05) is 43.3 Å². The molecule has 2 heterocycles. The Hall–Kier alpha value is -2.86. The number of halogens is 1. The average molecular weight is 412 g/mol. The highest BCUT2D eigenvalue weighted by atomic mass is 35.5. The number of fused-ring (bicyclic) bond motifs is 1. The molecule has 1 N–H and O–H groups in total. The van der Waals surface area contributed by atoms with Gasteiger partial charge in [-0.3, -0.25) is 9.79 Å². The monoisotopic (exact) mass is 411 g/mol. The van der Waals surface area contributed by atoms with Crippen LogP contribution in [0.25, 0.3) is 0 Å². The smallest absolute Gasteiger partial charge is 0.410 e. The number of rotatable bonds is 2. The van der Waals surface area contributed by atoms with Gasteiger partial charge in [0.05, 0.1) is 0 Å². The number of piperidine rings is 1. The fourth-order valence-electron chi connectivity index (χ4n) is 3.80. The third-order valence-corrected chi connectivity index (χ3v) is 5.71. The maximum atomic E-state index is 13.0. The summed E-state index contributed by atoms with van der Waals surface area (Å²) in [5.41, 5.74) is 2.36. The second-order valence-corrected chi connectivity index (χ2v) is 7.84. The molecule has 6 nitrogen and oxygen atoms in total. The van der Waals surface area contributed by atoms with Crippen LogP contribution < -0.4 is 5.32 Å². The summed E-state index contributed by atoms with van der Waals surface area (Å²) in [6.07, 6.45) is 0.518. The van der Waals surface area contributed by atoms with Gasteiger partial charge in [-0.1, -0.05) is 41.9 Å². The Labute approximate surface area is 174 Å². The Morgan fingerprint density at radius 3 is 2.66 bits per heavy atom. The molecule has 0 aliphatic carbocycles. The number of nitrogens with zero attached hydrogens (tertiary/aromatic N) is 2. The van der Waals surface area contributed by atoms with Crippen LogP contribution >= 0.6 is 11.6 Å². The zero-order valence-electron chi connectivity index (χ0n) is 16.2. The Bertz CT molecular complexity index is 967. The number of hydrogen-bond donors (Lipinski definition) is 1. The molecule has 2 aromatic rings. The van der Waals surface area contributed by atoms with Gasteiger partial charge < -0.3 is 15.0 Å². The van der Waals surface area contributed by atoms with Crippen molar-refractivity contribution in [3.63, 3.8) is 0 Å². The lowest BCUT2D eigenvalue weighted by Crippen LogP contribution is -2.51. The number of nitrogens with one attached hydrogen (secondary N) is 1. The van der Waals surface area contributed by atoms with Crippen molar-refractivity contribution in [2.24, 2.45) is 4.99 Å². The Morgan fingerprint density at radius 2 is 1.93 bits per heavy atom. The molecular weight excluding hydrogens is 390 g/mol. The zero-order chi connectivity index (χ0) is 20.4. The van der Waals surface area contributed by atoms with Gasteiger partial charge in [-0.05, 0) is 43.5 Å². The standard InChI is InChI=1S/C22H22ClN3O3/c1-15-18-13-17(23)7-8-19(18)24-20(27)22(25-15)9-11-26(12-10-22)21(28)29-14-16-5-3-2-4-6-16/h2-8,13H,9-12,14H2,1H3,(H,24,27). The van der Waals surface area contributed by atoms with Crippen molar-refractivity contribution in [3.05, 3.63) is 64.7 Å². The first-order valence-electron chi connectivity index (χ1n) is 9.60. The SMILES string of the molecule is CC1=NC2(CCN(C(=O)OCc3ccccc3)CC2)C(=O)Nc2ccc(Cl)cc21. The molecule has 1 fully saturated rings. The highest BCUT2D eigenvalue weighted by Gasteiger charge is 2.44. The largest absolute Gasteiger partial charge is 0.445 e. The van der Waals surface area contributed by atoms with E-state index in [0.29, 0.717) is 36.6 Å². The van der Waals surface area contributed by atoms with Crippen molar-refractivity contribution in [1.29, 1.82) is 0 Å². The molecule has 0 radical (unpaired) electrons. The predicted molar refractivity (Wildman–Crippen MR) is 112 cm³/mol. The lowest BCUT2D eigenvalue weighted by molar-refractivity contribution is -0.122. The molecule has 7 heteroatoms. The fraction of sp³-hybridized carbons (Fsp3) is 0.318. The first-order chi connectivity index (χ1) is 14.0. The van der Waals surface area contributed by atoms with E-state index in [2.05, 4.69) is 5.32 Å². The average Bonchev–Trinajstić information content (AvgIpc) is 2.83. The molecular formula is C22H22ClN3O3. The van der Waals surface area contributed by atoms with Gasteiger partial charge >= 0.3 is 6.09 Å². The maximum absolute atomic E-state index is 13.0. The number of benzene rings is 2.